The van der Waals surface area contributed by atoms with Gasteiger partial charge in [-0.3, -0.25) is 4.79 Å². The van der Waals surface area contributed by atoms with Crippen molar-refractivity contribution in [2.24, 2.45) is 0 Å². The number of rotatable bonds is 1. The SMILES string of the molecule is O=C(O)c1ccc2cc3n(c2c1)CC(=O)c1c[nH]c2cccc-3c12. The van der Waals surface area contributed by atoms with E-state index in [0.29, 0.717) is 5.56 Å². The van der Waals surface area contributed by atoms with Crippen LogP contribution in [0.3, 0.4) is 0 Å². The minimum absolute atomic E-state index is 0.0191. The first-order chi connectivity index (χ1) is 11.6. The topological polar surface area (TPSA) is 75.1 Å². The molecule has 5 rings (SSSR count). The Labute approximate surface area is 136 Å². The number of hydrogen-bond acceptors (Lipinski definition) is 2. The molecule has 1 aliphatic heterocycles. The monoisotopic (exact) mass is 316 g/mol. The lowest BCUT2D eigenvalue weighted by Crippen LogP contribution is -2.09. The number of carboxylic acids is 1. The molecule has 5 heteroatoms. The first kappa shape index (κ1) is 13.1. The van der Waals surface area contributed by atoms with Crippen LogP contribution in [0.1, 0.15) is 20.7 Å². The van der Waals surface area contributed by atoms with E-state index in [-0.39, 0.29) is 17.9 Å². The summed E-state index contributed by atoms with van der Waals surface area (Å²) < 4.78 is 1.92. The van der Waals surface area contributed by atoms with Gasteiger partial charge in [-0.25, -0.2) is 4.79 Å². The molecule has 0 atom stereocenters. The number of H-pyrrole nitrogens is 1. The highest BCUT2D eigenvalue weighted by molar-refractivity contribution is 6.15. The molecule has 0 amide bonds. The summed E-state index contributed by atoms with van der Waals surface area (Å²) >= 11 is 0. The predicted octanol–water partition coefficient (Wildman–Crippen LogP) is 3.68. The van der Waals surface area contributed by atoms with E-state index in [4.69, 9.17) is 0 Å². The highest BCUT2D eigenvalue weighted by atomic mass is 16.4. The molecular weight excluding hydrogens is 304 g/mol. The zero-order valence-electron chi connectivity index (χ0n) is 12.5. The van der Waals surface area contributed by atoms with Gasteiger partial charge in [0.1, 0.15) is 0 Å². The van der Waals surface area contributed by atoms with Gasteiger partial charge in [-0.2, -0.15) is 0 Å². The Morgan fingerprint density at radius 1 is 1.12 bits per heavy atom. The summed E-state index contributed by atoms with van der Waals surface area (Å²) in [6.07, 6.45) is 1.76. The predicted molar refractivity (Wildman–Crippen MR) is 90.5 cm³/mol. The molecule has 24 heavy (non-hydrogen) atoms. The molecule has 0 spiro atoms. The zero-order chi connectivity index (χ0) is 16.4. The van der Waals surface area contributed by atoms with Crippen LogP contribution in [0.4, 0.5) is 0 Å². The number of Topliss-reactive ketones (excluding diaryl/α,β-unsaturated/α-hetero) is 1. The third kappa shape index (κ3) is 1.58. The largest absolute Gasteiger partial charge is 0.478 e. The Bertz CT molecular complexity index is 1180. The van der Waals surface area contributed by atoms with Crippen LogP contribution in [0.2, 0.25) is 0 Å². The molecule has 3 heterocycles. The first-order valence-electron chi connectivity index (χ1n) is 7.64. The van der Waals surface area contributed by atoms with Gasteiger partial charge in [-0.05, 0) is 24.3 Å². The Kier molecular flexibility index (Phi) is 2.38. The van der Waals surface area contributed by atoms with Crippen LogP contribution in [-0.2, 0) is 6.54 Å². The van der Waals surface area contributed by atoms with Gasteiger partial charge in [-0.1, -0.05) is 18.2 Å². The van der Waals surface area contributed by atoms with E-state index in [1.807, 2.05) is 28.8 Å². The Morgan fingerprint density at radius 2 is 2.00 bits per heavy atom. The molecule has 0 fully saturated rings. The summed E-state index contributed by atoms with van der Waals surface area (Å²) in [5, 5.41) is 11.1. The maximum absolute atomic E-state index is 12.7. The van der Waals surface area contributed by atoms with Crippen LogP contribution in [0, 0.1) is 0 Å². The van der Waals surface area contributed by atoms with Crippen LogP contribution in [0.5, 0.6) is 0 Å². The van der Waals surface area contributed by atoms with Gasteiger partial charge < -0.3 is 14.7 Å². The first-order valence-corrected chi connectivity index (χ1v) is 7.64. The number of nitrogens with one attached hydrogen (secondary N) is 1. The van der Waals surface area contributed by atoms with Crippen molar-refractivity contribution in [3.05, 3.63) is 59.8 Å². The lowest BCUT2D eigenvalue weighted by Gasteiger charge is -2.07. The van der Waals surface area contributed by atoms with Crippen LogP contribution in [-0.4, -0.2) is 26.4 Å². The van der Waals surface area contributed by atoms with E-state index in [9.17, 15) is 14.7 Å². The number of carbonyl (C=O) groups excluding carboxylic acids is 1. The second-order valence-corrected chi connectivity index (χ2v) is 6.05. The molecule has 116 valence electrons. The molecule has 0 aliphatic carbocycles. The molecule has 2 aromatic carbocycles. The molecule has 2 N–H and O–H groups in total. The zero-order valence-corrected chi connectivity index (χ0v) is 12.5. The van der Waals surface area contributed by atoms with Gasteiger partial charge >= 0.3 is 5.97 Å². The number of aromatic nitrogens is 2. The van der Waals surface area contributed by atoms with Gasteiger partial charge in [0.25, 0.3) is 0 Å². The quantitative estimate of drug-likeness (QED) is 0.562. The number of aromatic carboxylic acids is 1. The van der Waals surface area contributed by atoms with Gasteiger partial charge in [-0.15, -0.1) is 0 Å². The van der Waals surface area contributed by atoms with Crippen molar-refractivity contribution in [3.8, 4) is 11.3 Å². The maximum Gasteiger partial charge on any atom is 0.335 e. The van der Waals surface area contributed by atoms with E-state index >= 15 is 0 Å². The highest BCUT2D eigenvalue weighted by Crippen LogP contribution is 2.37. The second-order valence-electron chi connectivity index (χ2n) is 6.05. The average Bonchev–Trinajstić information content (AvgIpc) is 3.13. The van der Waals surface area contributed by atoms with Crippen molar-refractivity contribution in [1.82, 2.24) is 9.55 Å². The Hall–Kier alpha value is -3.34. The molecule has 0 unspecified atom stereocenters. The molecule has 2 aromatic heterocycles. The standard InChI is InChI=1S/C19H12N2O3/c22-17-9-21-15-7-11(19(23)24)5-4-10(15)6-16(21)12-2-1-3-14-18(12)13(17)8-20-14/h1-8,20H,9H2,(H,23,24). The summed E-state index contributed by atoms with van der Waals surface area (Å²) in [6.45, 7) is 0.198. The number of nitrogens with zero attached hydrogens (tertiary/aromatic N) is 1. The molecule has 0 saturated carbocycles. The molecule has 0 saturated heterocycles. The van der Waals surface area contributed by atoms with Crippen molar-refractivity contribution in [2.75, 3.05) is 0 Å². The number of fused-ring (bicyclic) bond motifs is 4. The van der Waals surface area contributed by atoms with Crippen LogP contribution in [0.15, 0.2) is 48.7 Å². The molecule has 4 aromatic rings. The van der Waals surface area contributed by atoms with Crippen molar-refractivity contribution < 1.29 is 14.7 Å². The molecule has 1 aliphatic rings. The average molecular weight is 316 g/mol. The molecule has 0 radical (unpaired) electrons. The Morgan fingerprint density at radius 3 is 2.83 bits per heavy atom. The third-order valence-corrected chi connectivity index (χ3v) is 4.74. The van der Waals surface area contributed by atoms with E-state index in [1.165, 1.54) is 0 Å². The molecular formula is C19H12N2O3. The summed E-state index contributed by atoms with van der Waals surface area (Å²) in [5.41, 5.74) is 4.53. The van der Waals surface area contributed by atoms with Crippen LogP contribution in [0.25, 0.3) is 33.1 Å². The van der Waals surface area contributed by atoms with Crippen LogP contribution < -0.4 is 0 Å². The fourth-order valence-electron chi connectivity index (χ4n) is 3.63. The normalized spacial score (nSPS) is 13.2. The van der Waals surface area contributed by atoms with Crippen molar-refractivity contribution in [3.63, 3.8) is 0 Å². The summed E-state index contributed by atoms with van der Waals surface area (Å²) in [7, 11) is 0. The van der Waals surface area contributed by atoms with Gasteiger partial charge in [0.2, 0.25) is 0 Å². The number of benzene rings is 2. The molecule has 0 bridgehead atoms. The fraction of sp³-hybridized carbons (Fsp3) is 0.0526. The fourth-order valence-corrected chi connectivity index (χ4v) is 3.63. The summed E-state index contributed by atoms with van der Waals surface area (Å²) in [4.78, 5) is 27.2. The highest BCUT2D eigenvalue weighted by Gasteiger charge is 2.24. The summed E-state index contributed by atoms with van der Waals surface area (Å²) in [6, 6.07) is 13.0. The minimum Gasteiger partial charge on any atom is -0.478 e. The van der Waals surface area contributed by atoms with Crippen molar-refractivity contribution >= 4 is 33.6 Å². The van der Waals surface area contributed by atoms with E-state index in [1.54, 1.807) is 24.4 Å². The molecule has 5 nitrogen and oxygen atoms in total. The number of carboxylic acid groups (broad SMARTS) is 1. The summed E-state index contributed by atoms with van der Waals surface area (Å²) in [5.74, 6) is -0.952. The van der Waals surface area contributed by atoms with Gasteiger partial charge in [0.05, 0.1) is 17.8 Å². The number of hydrogen-bond donors (Lipinski definition) is 2. The van der Waals surface area contributed by atoms with Crippen LogP contribution >= 0.6 is 0 Å². The minimum atomic E-state index is -0.971. The number of ketones is 1. The smallest absolute Gasteiger partial charge is 0.335 e. The van der Waals surface area contributed by atoms with Crippen molar-refractivity contribution in [1.29, 1.82) is 0 Å². The lowest BCUT2D eigenvalue weighted by atomic mass is 10.0. The Balaban J connectivity index is 1.91. The van der Waals surface area contributed by atoms with Gasteiger partial charge in [0, 0.05) is 39.1 Å². The van der Waals surface area contributed by atoms with E-state index < -0.39 is 5.97 Å². The third-order valence-electron chi connectivity index (χ3n) is 4.74. The second kappa shape index (κ2) is 4.35. The maximum atomic E-state index is 12.7. The van der Waals surface area contributed by atoms with Gasteiger partial charge in [0.15, 0.2) is 5.78 Å². The van der Waals surface area contributed by atoms with E-state index in [0.717, 1.165) is 33.1 Å². The van der Waals surface area contributed by atoms with Crippen molar-refractivity contribution in [2.45, 2.75) is 6.54 Å². The number of aromatic amines is 1. The lowest BCUT2D eigenvalue weighted by molar-refractivity contribution is 0.0697. The van der Waals surface area contributed by atoms with E-state index in [2.05, 4.69) is 4.98 Å². The number of carbonyl (C=O) groups is 2.